The lowest BCUT2D eigenvalue weighted by molar-refractivity contribution is 0.446. The summed E-state index contributed by atoms with van der Waals surface area (Å²) < 4.78 is 2.22. The first kappa shape index (κ1) is 11.7. The van der Waals surface area contributed by atoms with Crippen LogP contribution < -0.4 is 4.48 Å². The minimum atomic E-state index is 0.544. The van der Waals surface area contributed by atoms with Crippen molar-refractivity contribution in [1.29, 1.82) is 0 Å². The Balaban J connectivity index is 2.28. The number of benzene rings is 1. The molecular weight excluding hydrogens is 240 g/mol. The SMILES string of the molecule is C[N+](C)(C)c1nc(-c2ccccc2)nc2ncnn12. The molecule has 0 atom stereocenters. The molecule has 0 N–H and O–H groups in total. The van der Waals surface area contributed by atoms with Crippen molar-refractivity contribution in [2.75, 3.05) is 21.1 Å². The molecule has 0 aliphatic heterocycles. The van der Waals surface area contributed by atoms with Gasteiger partial charge >= 0.3 is 5.95 Å². The zero-order chi connectivity index (χ0) is 13.5. The Labute approximate surface area is 111 Å². The molecule has 19 heavy (non-hydrogen) atoms. The zero-order valence-electron chi connectivity index (χ0n) is 11.1. The quantitative estimate of drug-likeness (QED) is 0.649. The molecule has 0 saturated heterocycles. The Morgan fingerprint density at radius 1 is 1.00 bits per heavy atom. The molecule has 0 fully saturated rings. The zero-order valence-corrected chi connectivity index (χ0v) is 11.1. The predicted octanol–water partition coefficient (Wildman–Crippen LogP) is 1.38. The van der Waals surface area contributed by atoms with E-state index in [9.17, 15) is 0 Å². The third-order valence-corrected chi connectivity index (χ3v) is 2.76. The van der Waals surface area contributed by atoms with Crippen LogP contribution in [0.15, 0.2) is 36.7 Å². The molecule has 96 valence electrons. The standard InChI is InChI=1S/C13H15N6/c1-19(2,3)13-17-11(10-7-5-4-6-8-10)16-12-14-9-15-18(12)13/h4-9H,1-3H3/q+1. The van der Waals surface area contributed by atoms with Crippen LogP contribution in [0, 0.1) is 0 Å². The lowest BCUT2D eigenvalue weighted by atomic mass is 10.2. The molecule has 0 amide bonds. The summed E-state index contributed by atoms with van der Waals surface area (Å²) in [6, 6.07) is 9.89. The van der Waals surface area contributed by atoms with Crippen LogP contribution in [0.1, 0.15) is 0 Å². The highest BCUT2D eigenvalue weighted by atomic mass is 15.5. The number of hydrogen-bond acceptors (Lipinski definition) is 4. The molecule has 0 saturated carbocycles. The molecule has 0 radical (unpaired) electrons. The number of hydrogen-bond donors (Lipinski definition) is 0. The van der Waals surface area contributed by atoms with Gasteiger partial charge in [0.05, 0.1) is 21.1 Å². The molecule has 0 unspecified atom stereocenters. The summed E-state index contributed by atoms with van der Waals surface area (Å²) in [4.78, 5) is 13.3. The summed E-state index contributed by atoms with van der Waals surface area (Å²) in [5.41, 5.74) is 0.975. The number of rotatable bonds is 2. The van der Waals surface area contributed by atoms with Gasteiger partial charge in [-0.2, -0.15) is 15.0 Å². The highest BCUT2D eigenvalue weighted by molar-refractivity contribution is 5.58. The van der Waals surface area contributed by atoms with Gasteiger partial charge in [-0.05, 0) is 0 Å². The second-order valence-electron chi connectivity index (χ2n) is 5.20. The van der Waals surface area contributed by atoms with Crippen molar-refractivity contribution in [3.05, 3.63) is 36.7 Å². The first-order valence-electron chi connectivity index (χ1n) is 6.01. The van der Waals surface area contributed by atoms with E-state index >= 15 is 0 Å². The fraction of sp³-hybridized carbons (Fsp3) is 0.231. The van der Waals surface area contributed by atoms with E-state index < -0.39 is 0 Å². The maximum Gasteiger partial charge on any atom is 0.334 e. The van der Waals surface area contributed by atoms with Gasteiger partial charge in [0.15, 0.2) is 5.82 Å². The number of fused-ring (bicyclic) bond motifs is 1. The van der Waals surface area contributed by atoms with E-state index in [1.807, 2.05) is 51.5 Å². The summed E-state index contributed by atoms with van der Waals surface area (Å²) in [6.45, 7) is 0. The first-order valence-corrected chi connectivity index (χ1v) is 6.01. The van der Waals surface area contributed by atoms with Crippen molar-refractivity contribution >= 4 is 11.7 Å². The van der Waals surface area contributed by atoms with Crippen LogP contribution in [0.2, 0.25) is 0 Å². The second kappa shape index (κ2) is 4.10. The minimum Gasteiger partial charge on any atom is -0.264 e. The van der Waals surface area contributed by atoms with Gasteiger partial charge in [0.1, 0.15) is 6.33 Å². The van der Waals surface area contributed by atoms with Gasteiger partial charge in [-0.1, -0.05) is 30.3 Å². The van der Waals surface area contributed by atoms with Crippen LogP contribution in [-0.2, 0) is 0 Å². The Hall–Kier alpha value is -2.34. The highest BCUT2D eigenvalue weighted by Gasteiger charge is 2.22. The summed E-state index contributed by atoms with van der Waals surface area (Å²) in [5, 5.41) is 4.18. The van der Waals surface area contributed by atoms with Crippen molar-refractivity contribution in [1.82, 2.24) is 29.0 Å². The Morgan fingerprint density at radius 3 is 2.42 bits per heavy atom. The van der Waals surface area contributed by atoms with E-state index in [4.69, 9.17) is 0 Å². The predicted molar refractivity (Wildman–Crippen MR) is 73.6 cm³/mol. The number of aromatic nitrogens is 5. The summed E-state index contributed by atoms with van der Waals surface area (Å²) in [5.74, 6) is 2.03. The third-order valence-electron chi connectivity index (χ3n) is 2.76. The fourth-order valence-corrected chi connectivity index (χ4v) is 1.87. The van der Waals surface area contributed by atoms with Crippen LogP contribution in [0.5, 0.6) is 0 Å². The Bertz CT molecular complexity index is 711. The van der Waals surface area contributed by atoms with Crippen molar-refractivity contribution < 1.29 is 0 Å². The van der Waals surface area contributed by atoms with Gasteiger partial charge in [0.2, 0.25) is 0 Å². The van der Waals surface area contributed by atoms with Crippen LogP contribution in [0.3, 0.4) is 0 Å². The Kier molecular flexibility index (Phi) is 2.53. The van der Waals surface area contributed by atoms with Gasteiger partial charge in [-0.3, -0.25) is 4.48 Å². The van der Waals surface area contributed by atoms with Gasteiger partial charge in [-0.25, -0.2) is 0 Å². The van der Waals surface area contributed by atoms with Crippen molar-refractivity contribution in [3.63, 3.8) is 0 Å². The van der Waals surface area contributed by atoms with E-state index in [1.54, 1.807) is 4.52 Å². The summed E-state index contributed by atoms with van der Waals surface area (Å²) in [6.07, 6.45) is 1.50. The smallest absolute Gasteiger partial charge is 0.264 e. The molecule has 3 rings (SSSR count). The first-order chi connectivity index (χ1) is 9.05. The van der Waals surface area contributed by atoms with Crippen molar-refractivity contribution in [3.8, 4) is 11.4 Å². The average Bonchev–Trinajstić information content (AvgIpc) is 2.85. The highest BCUT2D eigenvalue weighted by Crippen LogP contribution is 2.20. The molecule has 2 aromatic heterocycles. The maximum atomic E-state index is 4.64. The van der Waals surface area contributed by atoms with Crippen LogP contribution >= 0.6 is 0 Å². The molecule has 6 nitrogen and oxygen atoms in total. The minimum absolute atomic E-state index is 0.544. The lowest BCUT2D eigenvalue weighted by Gasteiger charge is -2.21. The average molecular weight is 255 g/mol. The second-order valence-corrected chi connectivity index (χ2v) is 5.20. The third kappa shape index (κ3) is 2.06. The van der Waals surface area contributed by atoms with Gasteiger partial charge in [-0.15, -0.1) is 9.61 Å². The van der Waals surface area contributed by atoms with Gasteiger partial charge < -0.3 is 0 Å². The van der Waals surface area contributed by atoms with E-state index in [0.29, 0.717) is 16.1 Å². The molecular formula is C13H15N6+. The normalized spacial score (nSPS) is 11.9. The van der Waals surface area contributed by atoms with Gasteiger partial charge in [0, 0.05) is 5.56 Å². The molecule has 0 bridgehead atoms. The summed E-state index contributed by atoms with van der Waals surface area (Å²) >= 11 is 0. The molecule has 0 aliphatic rings. The number of quaternary nitrogens is 1. The van der Waals surface area contributed by atoms with E-state index in [2.05, 4.69) is 20.1 Å². The van der Waals surface area contributed by atoms with Crippen LogP contribution in [0.25, 0.3) is 17.2 Å². The van der Waals surface area contributed by atoms with Crippen LogP contribution in [0.4, 0.5) is 5.95 Å². The largest absolute Gasteiger partial charge is 0.334 e. The van der Waals surface area contributed by atoms with Crippen LogP contribution in [-0.4, -0.2) is 45.7 Å². The number of nitrogens with zero attached hydrogens (tertiary/aromatic N) is 6. The van der Waals surface area contributed by atoms with Gasteiger partial charge in [0.25, 0.3) is 5.78 Å². The van der Waals surface area contributed by atoms with Crippen molar-refractivity contribution in [2.24, 2.45) is 0 Å². The molecule has 1 aromatic carbocycles. The molecule has 6 heteroatoms. The monoisotopic (exact) mass is 255 g/mol. The fourth-order valence-electron chi connectivity index (χ4n) is 1.87. The summed E-state index contributed by atoms with van der Waals surface area (Å²) in [7, 11) is 6.12. The maximum absolute atomic E-state index is 4.64. The molecule has 2 heterocycles. The molecule has 0 spiro atoms. The lowest BCUT2D eigenvalue weighted by Crippen LogP contribution is -2.38. The van der Waals surface area contributed by atoms with E-state index in [0.717, 1.165) is 11.5 Å². The topological polar surface area (TPSA) is 56.0 Å². The Morgan fingerprint density at radius 2 is 1.74 bits per heavy atom. The van der Waals surface area contributed by atoms with E-state index in [-0.39, 0.29) is 0 Å². The molecule has 3 aromatic rings. The molecule has 0 aliphatic carbocycles. The van der Waals surface area contributed by atoms with Crippen molar-refractivity contribution in [2.45, 2.75) is 0 Å². The van der Waals surface area contributed by atoms with E-state index in [1.165, 1.54) is 6.33 Å².